The quantitative estimate of drug-likeness (QED) is 0.532. The molecule has 4 rings (SSSR count). The van der Waals surface area contributed by atoms with E-state index in [1.54, 1.807) is 61.5 Å². The van der Waals surface area contributed by atoms with E-state index < -0.39 is 35.8 Å². The molecule has 0 radical (unpaired) electrons. The number of hydrogen-bond acceptors (Lipinski definition) is 6. The van der Waals surface area contributed by atoms with Crippen molar-refractivity contribution in [1.82, 2.24) is 0 Å². The van der Waals surface area contributed by atoms with E-state index in [1.165, 1.54) is 5.06 Å². The number of nitrogens with zero attached hydrogens (tertiary/aromatic N) is 2. The third-order valence-corrected chi connectivity index (χ3v) is 5.27. The highest BCUT2D eigenvalue weighted by Gasteiger charge is 2.62. The van der Waals surface area contributed by atoms with Crippen LogP contribution in [-0.2, 0) is 24.0 Å². The lowest BCUT2D eigenvalue weighted by molar-refractivity contribution is -0.147. The molecule has 8 heteroatoms. The van der Waals surface area contributed by atoms with Gasteiger partial charge in [-0.1, -0.05) is 34.1 Å². The van der Waals surface area contributed by atoms with Crippen molar-refractivity contribution in [3.63, 3.8) is 0 Å². The number of benzene rings is 2. The lowest BCUT2D eigenvalue weighted by atomic mass is 9.96. The van der Waals surface area contributed by atoms with Gasteiger partial charge in [-0.05, 0) is 43.3 Å². The minimum absolute atomic E-state index is 0.158. The highest BCUT2D eigenvalue weighted by atomic mass is 79.9. The summed E-state index contributed by atoms with van der Waals surface area (Å²) in [4.78, 5) is 45.7. The summed E-state index contributed by atoms with van der Waals surface area (Å²) in [7, 11) is 0. The van der Waals surface area contributed by atoms with Gasteiger partial charge in [0.2, 0.25) is 5.91 Å². The van der Waals surface area contributed by atoms with Gasteiger partial charge in [0, 0.05) is 4.47 Å². The second-order valence-corrected chi connectivity index (χ2v) is 7.31. The lowest BCUT2D eigenvalue weighted by Crippen LogP contribution is -2.45. The molecule has 0 unspecified atom stereocenters. The largest absolute Gasteiger partial charge is 0.464 e. The van der Waals surface area contributed by atoms with Crippen LogP contribution in [-0.4, -0.2) is 36.5 Å². The van der Waals surface area contributed by atoms with E-state index in [4.69, 9.17) is 9.57 Å². The molecule has 0 aliphatic carbocycles. The topological polar surface area (TPSA) is 76.2 Å². The Morgan fingerprint density at radius 2 is 1.71 bits per heavy atom. The van der Waals surface area contributed by atoms with Gasteiger partial charge in [0.15, 0.2) is 12.1 Å². The zero-order valence-corrected chi connectivity index (χ0v) is 16.5. The summed E-state index contributed by atoms with van der Waals surface area (Å²) in [5.41, 5.74) is 1.01. The van der Waals surface area contributed by atoms with E-state index in [1.807, 2.05) is 0 Å². The Morgan fingerprint density at radius 1 is 1.04 bits per heavy atom. The molecular formula is C20H17BrN2O5. The average Bonchev–Trinajstić information content (AvgIpc) is 3.20. The van der Waals surface area contributed by atoms with Crippen molar-refractivity contribution in [2.45, 2.75) is 19.1 Å². The maximum Gasteiger partial charge on any atom is 0.332 e. The number of hydrogen-bond donors (Lipinski definition) is 0. The number of ether oxygens (including phenoxy) is 1. The van der Waals surface area contributed by atoms with E-state index in [-0.39, 0.29) is 6.61 Å². The SMILES string of the molecule is CCOC(=O)[C@H]1[C@@H]2C(=O)N(c3ccccc3)C(=O)[C@@H]2ON1c1ccc(Br)cc1. The Balaban J connectivity index is 1.72. The first-order chi connectivity index (χ1) is 13.5. The van der Waals surface area contributed by atoms with Crippen LogP contribution in [0.15, 0.2) is 59.1 Å². The Labute approximate surface area is 169 Å². The van der Waals surface area contributed by atoms with E-state index in [0.717, 1.165) is 9.37 Å². The standard InChI is InChI=1S/C20H17BrN2O5/c1-2-27-20(26)16-15-17(28-23(16)14-10-8-12(21)9-11-14)19(25)22(18(15)24)13-6-4-3-5-7-13/h3-11,15-17H,2H2,1H3/t15-,16+,17+/m0/s1. The van der Waals surface area contributed by atoms with Crippen molar-refractivity contribution < 1.29 is 24.0 Å². The summed E-state index contributed by atoms with van der Waals surface area (Å²) in [6, 6.07) is 14.6. The highest BCUT2D eigenvalue weighted by Crippen LogP contribution is 2.40. The van der Waals surface area contributed by atoms with Crippen LogP contribution in [0.4, 0.5) is 11.4 Å². The normalized spacial score (nSPS) is 23.9. The van der Waals surface area contributed by atoms with Crippen molar-refractivity contribution in [3.05, 3.63) is 59.1 Å². The number of carbonyl (C=O) groups is 3. The van der Waals surface area contributed by atoms with Crippen LogP contribution in [0.2, 0.25) is 0 Å². The molecular weight excluding hydrogens is 428 g/mol. The number of rotatable bonds is 4. The number of amides is 2. The molecule has 28 heavy (non-hydrogen) atoms. The molecule has 0 N–H and O–H groups in total. The maximum absolute atomic E-state index is 13.1. The third-order valence-electron chi connectivity index (χ3n) is 4.74. The fourth-order valence-corrected chi connectivity index (χ4v) is 3.79. The predicted molar refractivity (Wildman–Crippen MR) is 104 cm³/mol. The second-order valence-electron chi connectivity index (χ2n) is 6.40. The smallest absolute Gasteiger partial charge is 0.332 e. The molecule has 2 heterocycles. The highest BCUT2D eigenvalue weighted by molar-refractivity contribution is 9.10. The minimum atomic E-state index is -1.08. The molecule has 3 atom stereocenters. The fourth-order valence-electron chi connectivity index (χ4n) is 3.52. The molecule has 0 saturated carbocycles. The van der Waals surface area contributed by atoms with Crippen LogP contribution in [0, 0.1) is 5.92 Å². The van der Waals surface area contributed by atoms with Gasteiger partial charge in [-0.15, -0.1) is 0 Å². The number of fused-ring (bicyclic) bond motifs is 1. The minimum Gasteiger partial charge on any atom is -0.464 e. The van der Waals surface area contributed by atoms with Gasteiger partial charge in [0.25, 0.3) is 5.91 Å². The van der Waals surface area contributed by atoms with Gasteiger partial charge in [-0.25, -0.2) is 14.8 Å². The number of halogens is 1. The first-order valence-corrected chi connectivity index (χ1v) is 9.63. The number of hydroxylamine groups is 1. The van der Waals surface area contributed by atoms with E-state index in [0.29, 0.717) is 11.4 Å². The van der Waals surface area contributed by atoms with Crippen LogP contribution in [0.5, 0.6) is 0 Å². The average molecular weight is 445 g/mol. The molecule has 0 bridgehead atoms. The van der Waals surface area contributed by atoms with E-state index in [9.17, 15) is 14.4 Å². The molecule has 2 aliphatic rings. The van der Waals surface area contributed by atoms with E-state index >= 15 is 0 Å². The molecule has 2 aromatic rings. The van der Waals surface area contributed by atoms with Crippen molar-refractivity contribution in [2.24, 2.45) is 5.92 Å². The Hall–Kier alpha value is -2.71. The molecule has 2 aromatic carbocycles. The van der Waals surface area contributed by atoms with Crippen molar-refractivity contribution in [3.8, 4) is 0 Å². The van der Waals surface area contributed by atoms with Crippen molar-refractivity contribution >= 4 is 45.1 Å². The van der Waals surface area contributed by atoms with Crippen LogP contribution in [0.3, 0.4) is 0 Å². The summed E-state index contributed by atoms with van der Waals surface area (Å²) in [5, 5.41) is 1.32. The predicted octanol–water partition coefficient (Wildman–Crippen LogP) is 2.69. The molecule has 0 aromatic heterocycles. The van der Waals surface area contributed by atoms with Gasteiger partial charge in [-0.2, -0.15) is 0 Å². The summed E-state index contributed by atoms with van der Waals surface area (Å²) in [6.07, 6.45) is -1.08. The molecule has 144 valence electrons. The Kier molecular flexibility index (Phi) is 4.91. The van der Waals surface area contributed by atoms with Gasteiger partial charge in [0.05, 0.1) is 18.0 Å². The zero-order valence-electron chi connectivity index (χ0n) is 14.9. The summed E-state index contributed by atoms with van der Waals surface area (Å²) in [6.45, 7) is 1.85. The van der Waals surface area contributed by atoms with E-state index in [2.05, 4.69) is 15.9 Å². The molecule has 2 aliphatic heterocycles. The van der Waals surface area contributed by atoms with Gasteiger partial charge < -0.3 is 4.74 Å². The number of esters is 1. The number of para-hydroxylation sites is 1. The van der Waals surface area contributed by atoms with Crippen LogP contribution in [0.25, 0.3) is 0 Å². The van der Waals surface area contributed by atoms with Crippen LogP contribution >= 0.6 is 15.9 Å². The zero-order chi connectivity index (χ0) is 19.8. The summed E-state index contributed by atoms with van der Waals surface area (Å²) in [5.74, 6) is -2.54. The number of imide groups is 1. The molecule has 7 nitrogen and oxygen atoms in total. The fraction of sp³-hybridized carbons (Fsp3) is 0.250. The van der Waals surface area contributed by atoms with Gasteiger partial charge in [-0.3, -0.25) is 14.4 Å². The molecule has 2 amide bonds. The number of anilines is 2. The van der Waals surface area contributed by atoms with Crippen molar-refractivity contribution in [2.75, 3.05) is 16.6 Å². The third kappa shape index (κ3) is 2.98. The molecule has 2 saturated heterocycles. The van der Waals surface area contributed by atoms with Crippen LogP contribution in [0.1, 0.15) is 6.92 Å². The number of carbonyl (C=O) groups excluding carboxylic acids is 3. The monoisotopic (exact) mass is 444 g/mol. The van der Waals surface area contributed by atoms with Gasteiger partial charge in [0.1, 0.15) is 5.92 Å². The molecule has 2 fully saturated rings. The summed E-state index contributed by atoms with van der Waals surface area (Å²) >= 11 is 3.36. The lowest BCUT2D eigenvalue weighted by Gasteiger charge is -2.27. The molecule has 0 spiro atoms. The Bertz CT molecular complexity index is 918. The first-order valence-electron chi connectivity index (χ1n) is 8.84. The van der Waals surface area contributed by atoms with Crippen LogP contribution < -0.4 is 9.96 Å². The first kappa shape index (κ1) is 18.6. The second kappa shape index (κ2) is 7.37. The maximum atomic E-state index is 13.1. The summed E-state index contributed by atoms with van der Waals surface area (Å²) < 4.78 is 6.03. The Morgan fingerprint density at radius 3 is 2.36 bits per heavy atom. The van der Waals surface area contributed by atoms with Gasteiger partial charge >= 0.3 is 5.97 Å². The van der Waals surface area contributed by atoms with Crippen molar-refractivity contribution in [1.29, 1.82) is 0 Å².